The average molecular weight is 223 g/mol. The first kappa shape index (κ1) is 13.6. The highest BCUT2D eigenvalue weighted by atomic mass is 31.2. The van der Waals surface area contributed by atoms with Crippen LogP contribution in [-0.4, -0.2) is 44.3 Å². The number of hydrogen-bond acceptors (Lipinski definition) is 4. The van der Waals surface area contributed by atoms with E-state index in [2.05, 4.69) is 9.05 Å². The molecule has 0 bridgehead atoms. The lowest BCUT2D eigenvalue weighted by atomic mass is 10.5. The summed E-state index contributed by atoms with van der Waals surface area (Å²) in [4.78, 5) is 13.1. The van der Waals surface area contributed by atoms with Gasteiger partial charge in [-0.25, -0.2) is 0 Å². The summed E-state index contributed by atoms with van der Waals surface area (Å²) >= 11 is 0. The third-order valence-electron chi connectivity index (χ3n) is 2.00. The summed E-state index contributed by atoms with van der Waals surface area (Å²) < 4.78 is 21.0. The summed E-state index contributed by atoms with van der Waals surface area (Å²) in [5.41, 5.74) is 0. The molecule has 6 heteroatoms. The molecular weight excluding hydrogens is 205 g/mol. The summed E-state index contributed by atoms with van der Waals surface area (Å²) in [6.07, 6.45) is -0.193. The molecule has 0 aliphatic rings. The van der Waals surface area contributed by atoms with E-state index in [9.17, 15) is 9.36 Å². The molecule has 0 aliphatic carbocycles. The minimum absolute atomic E-state index is 0.193. The fourth-order valence-electron chi connectivity index (χ4n) is 1.05. The Morgan fingerprint density at radius 1 is 1.21 bits per heavy atom. The molecule has 0 unspecified atom stereocenters. The van der Waals surface area contributed by atoms with Gasteiger partial charge in [0.05, 0.1) is 0 Å². The van der Waals surface area contributed by atoms with Gasteiger partial charge >= 0.3 is 7.60 Å². The Kier molecular flexibility index (Phi) is 6.00. The van der Waals surface area contributed by atoms with E-state index >= 15 is 0 Å². The van der Waals surface area contributed by atoms with Crippen molar-refractivity contribution in [2.24, 2.45) is 0 Å². The van der Waals surface area contributed by atoms with Crippen LogP contribution >= 0.6 is 7.60 Å². The van der Waals surface area contributed by atoms with E-state index in [0.717, 1.165) is 0 Å². The monoisotopic (exact) mass is 223 g/mol. The van der Waals surface area contributed by atoms with Gasteiger partial charge in [-0.15, -0.1) is 0 Å². The normalized spacial score (nSPS) is 11.4. The number of rotatable bonds is 6. The van der Waals surface area contributed by atoms with Crippen molar-refractivity contribution in [1.29, 1.82) is 0 Å². The number of hydrogen-bond donors (Lipinski definition) is 0. The average Bonchev–Trinajstić information content (AvgIpc) is 2.19. The predicted molar refractivity (Wildman–Crippen MR) is 54.4 cm³/mol. The van der Waals surface area contributed by atoms with Gasteiger partial charge in [0.2, 0.25) is 5.91 Å². The summed E-state index contributed by atoms with van der Waals surface area (Å²) in [6.45, 7) is 4.93. The number of amides is 1. The van der Waals surface area contributed by atoms with Gasteiger partial charge in [-0.05, 0) is 13.8 Å². The highest BCUT2D eigenvalue weighted by molar-refractivity contribution is 7.54. The van der Waals surface area contributed by atoms with Crippen LogP contribution < -0.4 is 0 Å². The number of carbonyl (C=O) groups is 1. The van der Waals surface area contributed by atoms with Gasteiger partial charge < -0.3 is 13.9 Å². The maximum absolute atomic E-state index is 11.6. The minimum Gasteiger partial charge on any atom is -0.343 e. The van der Waals surface area contributed by atoms with Crippen LogP contribution in [0.1, 0.15) is 13.8 Å². The van der Waals surface area contributed by atoms with Crippen molar-refractivity contribution in [1.82, 2.24) is 4.90 Å². The van der Waals surface area contributed by atoms with Crippen molar-refractivity contribution in [2.45, 2.75) is 13.8 Å². The lowest BCUT2D eigenvalue weighted by molar-refractivity contribution is -0.128. The fraction of sp³-hybridized carbons (Fsp3) is 0.875. The van der Waals surface area contributed by atoms with Crippen LogP contribution in [0.4, 0.5) is 0 Å². The van der Waals surface area contributed by atoms with Crippen LogP contribution in [0.2, 0.25) is 0 Å². The molecule has 0 aliphatic heterocycles. The van der Waals surface area contributed by atoms with Gasteiger partial charge in [-0.3, -0.25) is 9.36 Å². The summed E-state index contributed by atoms with van der Waals surface area (Å²) in [6, 6.07) is 0. The zero-order valence-corrected chi connectivity index (χ0v) is 10.0. The Bertz CT molecular complexity index is 219. The molecule has 5 nitrogen and oxygen atoms in total. The topological polar surface area (TPSA) is 55.8 Å². The first-order valence-electron chi connectivity index (χ1n) is 4.51. The summed E-state index contributed by atoms with van der Waals surface area (Å²) in [5.74, 6) is -0.206. The number of carbonyl (C=O) groups excluding carboxylic acids is 1. The molecule has 0 saturated carbocycles. The Morgan fingerprint density at radius 3 is 1.93 bits per heavy atom. The molecule has 0 fully saturated rings. The van der Waals surface area contributed by atoms with E-state index in [1.165, 1.54) is 14.2 Å². The predicted octanol–water partition coefficient (Wildman–Crippen LogP) is 1.34. The molecule has 0 spiro atoms. The molecule has 0 aromatic heterocycles. The van der Waals surface area contributed by atoms with Crippen LogP contribution in [-0.2, 0) is 18.4 Å². The molecule has 0 saturated heterocycles. The van der Waals surface area contributed by atoms with Gasteiger partial charge in [0, 0.05) is 27.3 Å². The quantitative estimate of drug-likeness (QED) is 0.637. The van der Waals surface area contributed by atoms with Crippen molar-refractivity contribution in [2.75, 3.05) is 33.5 Å². The highest BCUT2D eigenvalue weighted by Gasteiger charge is 2.27. The first-order valence-corrected chi connectivity index (χ1v) is 6.24. The van der Waals surface area contributed by atoms with Gasteiger partial charge in [0.1, 0.15) is 6.16 Å². The van der Waals surface area contributed by atoms with Crippen molar-refractivity contribution in [3.8, 4) is 0 Å². The van der Waals surface area contributed by atoms with Gasteiger partial charge in [0.15, 0.2) is 0 Å². The van der Waals surface area contributed by atoms with Crippen LogP contribution in [0.25, 0.3) is 0 Å². The third-order valence-corrected chi connectivity index (χ3v) is 3.77. The Morgan fingerprint density at radius 2 is 1.64 bits per heavy atom. The molecule has 0 N–H and O–H groups in total. The molecule has 14 heavy (non-hydrogen) atoms. The highest BCUT2D eigenvalue weighted by Crippen LogP contribution is 2.46. The minimum atomic E-state index is -3.21. The largest absolute Gasteiger partial charge is 0.343 e. The molecule has 0 radical (unpaired) electrons. The molecule has 0 rings (SSSR count). The zero-order chi connectivity index (χ0) is 11.2. The van der Waals surface area contributed by atoms with Crippen molar-refractivity contribution in [3.63, 3.8) is 0 Å². The molecule has 0 heterocycles. The third kappa shape index (κ3) is 3.78. The maximum atomic E-state index is 11.6. The SMILES string of the molecule is CCN(CC)C(=O)CP(=O)(OC)OC. The van der Waals surface area contributed by atoms with E-state index in [0.29, 0.717) is 13.1 Å². The van der Waals surface area contributed by atoms with E-state index in [4.69, 9.17) is 0 Å². The second-order valence-electron chi connectivity index (χ2n) is 2.70. The number of nitrogens with zero attached hydrogens (tertiary/aromatic N) is 1. The van der Waals surface area contributed by atoms with Crippen LogP contribution in [0.5, 0.6) is 0 Å². The summed E-state index contributed by atoms with van der Waals surface area (Å²) in [7, 11) is -0.654. The van der Waals surface area contributed by atoms with E-state index in [-0.39, 0.29) is 12.1 Å². The van der Waals surface area contributed by atoms with Crippen LogP contribution in [0, 0.1) is 0 Å². The Hall–Kier alpha value is -0.380. The molecule has 0 atom stereocenters. The Labute approximate surface area is 84.9 Å². The van der Waals surface area contributed by atoms with Crippen molar-refractivity contribution >= 4 is 13.5 Å². The lowest BCUT2D eigenvalue weighted by Gasteiger charge is -2.21. The molecule has 84 valence electrons. The maximum Gasteiger partial charge on any atom is 0.339 e. The molecule has 0 aromatic rings. The fourth-order valence-corrected chi connectivity index (χ4v) is 1.98. The van der Waals surface area contributed by atoms with Crippen molar-refractivity contribution in [3.05, 3.63) is 0 Å². The molecule has 0 aromatic carbocycles. The summed E-state index contributed by atoms with van der Waals surface area (Å²) in [5, 5.41) is 0. The second kappa shape index (κ2) is 6.17. The van der Waals surface area contributed by atoms with Crippen LogP contribution in [0.3, 0.4) is 0 Å². The molecule has 1 amide bonds. The molecular formula is C8H18NO4P. The smallest absolute Gasteiger partial charge is 0.339 e. The first-order chi connectivity index (χ1) is 6.52. The van der Waals surface area contributed by atoms with E-state index in [1.54, 1.807) is 4.90 Å². The van der Waals surface area contributed by atoms with E-state index < -0.39 is 7.60 Å². The zero-order valence-electron chi connectivity index (χ0n) is 9.15. The Balaban J connectivity index is 4.36. The van der Waals surface area contributed by atoms with E-state index in [1.807, 2.05) is 13.8 Å². The second-order valence-corrected chi connectivity index (χ2v) is 4.97. The standard InChI is InChI=1S/C8H18NO4P/c1-5-9(6-2)8(10)7-14(11,12-3)13-4/h5-7H2,1-4H3. The van der Waals surface area contributed by atoms with Crippen molar-refractivity contribution < 1.29 is 18.4 Å². The van der Waals surface area contributed by atoms with Crippen LogP contribution in [0.15, 0.2) is 0 Å². The van der Waals surface area contributed by atoms with Gasteiger partial charge in [-0.2, -0.15) is 0 Å². The van der Waals surface area contributed by atoms with Gasteiger partial charge in [0.25, 0.3) is 0 Å². The lowest BCUT2D eigenvalue weighted by Crippen LogP contribution is -2.33. The van der Waals surface area contributed by atoms with Gasteiger partial charge in [-0.1, -0.05) is 0 Å².